The molecule has 1 aliphatic carbocycles. The minimum absolute atomic E-state index is 0. The highest BCUT2D eigenvalue weighted by Gasteiger charge is 2.38. The number of hydrogen-bond donors (Lipinski definition) is 2. The van der Waals surface area contributed by atoms with Gasteiger partial charge in [-0.3, -0.25) is 9.89 Å². The van der Waals surface area contributed by atoms with E-state index in [-0.39, 0.29) is 29.5 Å². The van der Waals surface area contributed by atoms with Crippen LogP contribution in [0, 0.1) is 5.92 Å². The smallest absolute Gasteiger partial charge is 0.191 e. The van der Waals surface area contributed by atoms with E-state index in [2.05, 4.69) is 41.2 Å². The van der Waals surface area contributed by atoms with Gasteiger partial charge in [0.15, 0.2) is 5.96 Å². The van der Waals surface area contributed by atoms with Crippen LogP contribution in [0.2, 0.25) is 0 Å². The van der Waals surface area contributed by atoms with Crippen molar-refractivity contribution in [2.45, 2.75) is 77.3 Å². The Labute approximate surface area is 202 Å². The van der Waals surface area contributed by atoms with Crippen LogP contribution < -0.4 is 10.6 Å². The number of nitrogens with zero attached hydrogens (tertiary/aromatic N) is 3. The number of likely N-dealkylation sites (tertiary alicyclic amines) is 1. The van der Waals surface area contributed by atoms with Gasteiger partial charge in [0.1, 0.15) is 0 Å². The minimum Gasteiger partial charge on any atom is -0.379 e. The molecule has 1 atom stereocenters. The van der Waals surface area contributed by atoms with Crippen molar-refractivity contribution in [3.8, 4) is 0 Å². The summed E-state index contributed by atoms with van der Waals surface area (Å²) in [6.45, 7) is 16.0. The SMILES string of the molecule is CCNC(=NCC1(N2CCOCC2)CCCCC1)NCC1CCCN(C(C)C)C1.I. The fraction of sp³-hybridized carbons (Fsp3) is 0.957. The molecule has 7 heteroatoms. The second-order valence-corrected chi connectivity index (χ2v) is 9.56. The zero-order valence-corrected chi connectivity index (χ0v) is 22.0. The summed E-state index contributed by atoms with van der Waals surface area (Å²) < 4.78 is 5.62. The lowest BCUT2D eigenvalue weighted by atomic mass is 9.80. The molecule has 0 amide bonds. The third-order valence-corrected chi connectivity index (χ3v) is 7.18. The summed E-state index contributed by atoms with van der Waals surface area (Å²) in [5.41, 5.74) is 0.240. The lowest BCUT2D eigenvalue weighted by Crippen LogP contribution is -2.56. The van der Waals surface area contributed by atoms with Crippen LogP contribution in [0.1, 0.15) is 65.7 Å². The van der Waals surface area contributed by atoms with Gasteiger partial charge in [-0.1, -0.05) is 19.3 Å². The monoisotopic (exact) mass is 535 g/mol. The summed E-state index contributed by atoms with van der Waals surface area (Å²) in [6.07, 6.45) is 9.26. The number of piperidine rings is 1. The average molecular weight is 536 g/mol. The van der Waals surface area contributed by atoms with Gasteiger partial charge in [-0.25, -0.2) is 0 Å². The number of nitrogens with one attached hydrogen (secondary N) is 2. The van der Waals surface area contributed by atoms with E-state index in [0.29, 0.717) is 6.04 Å². The molecule has 0 radical (unpaired) electrons. The van der Waals surface area contributed by atoms with Gasteiger partial charge in [-0.15, -0.1) is 24.0 Å². The zero-order chi connectivity index (χ0) is 20.5. The van der Waals surface area contributed by atoms with E-state index in [9.17, 15) is 0 Å². The minimum atomic E-state index is 0. The van der Waals surface area contributed by atoms with Crippen molar-refractivity contribution in [1.82, 2.24) is 20.4 Å². The molecule has 3 fully saturated rings. The van der Waals surface area contributed by atoms with Crippen LogP contribution in [0.5, 0.6) is 0 Å². The van der Waals surface area contributed by atoms with Crippen molar-refractivity contribution < 1.29 is 4.74 Å². The van der Waals surface area contributed by atoms with E-state index in [1.54, 1.807) is 0 Å². The number of ether oxygens (including phenoxy) is 1. The van der Waals surface area contributed by atoms with Gasteiger partial charge >= 0.3 is 0 Å². The first-order chi connectivity index (χ1) is 14.1. The molecule has 0 aromatic rings. The van der Waals surface area contributed by atoms with Gasteiger partial charge in [0.05, 0.1) is 19.8 Å². The first kappa shape index (κ1) is 26.1. The number of guanidine groups is 1. The molecule has 0 aromatic heterocycles. The topological polar surface area (TPSA) is 52.1 Å². The third kappa shape index (κ3) is 7.48. The van der Waals surface area contributed by atoms with Crippen LogP contribution in [-0.4, -0.2) is 86.4 Å². The third-order valence-electron chi connectivity index (χ3n) is 7.18. The standard InChI is InChI=1S/C23H45N5O.HI/c1-4-24-22(25-17-21-9-8-12-27(18-21)20(2)3)26-19-23(10-6-5-7-11-23)28-13-15-29-16-14-28;/h20-21H,4-19H2,1-3H3,(H2,24,25,26);1H. The maximum atomic E-state index is 5.62. The van der Waals surface area contributed by atoms with Crippen LogP contribution in [0.25, 0.3) is 0 Å². The second kappa shape index (κ2) is 13.4. The maximum Gasteiger partial charge on any atom is 0.191 e. The molecule has 30 heavy (non-hydrogen) atoms. The zero-order valence-electron chi connectivity index (χ0n) is 19.6. The quantitative estimate of drug-likeness (QED) is 0.298. The Morgan fingerprint density at radius 2 is 1.80 bits per heavy atom. The van der Waals surface area contributed by atoms with Crippen LogP contribution >= 0.6 is 24.0 Å². The molecule has 1 saturated carbocycles. The summed E-state index contributed by atoms with van der Waals surface area (Å²) in [6, 6.07) is 0.652. The summed E-state index contributed by atoms with van der Waals surface area (Å²) in [5.74, 6) is 1.73. The normalized spacial score (nSPS) is 26.3. The Morgan fingerprint density at radius 1 is 1.07 bits per heavy atom. The van der Waals surface area contributed by atoms with Crippen molar-refractivity contribution in [3.05, 3.63) is 0 Å². The van der Waals surface area contributed by atoms with Crippen molar-refractivity contribution in [2.75, 3.05) is 59.0 Å². The highest BCUT2D eigenvalue weighted by molar-refractivity contribution is 14.0. The van der Waals surface area contributed by atoms with Crippen molar-refractivity contribution >= 4 is 29.9 Å². The maximum absolute atomic E-state index is 5.62. The van der Waals surface area contributed by atoms with E-state index in [1.165, 1.54) is 58.0 Å². The molecule has 0 bridgehead atoms. The van der Waals surface area contributed by atoms with E-state index in [1.807, 2.05) is 0 Å². The molecular formula is C23H46IN5O. The highest BCUT2D eigenvalue weighted by atomic mass is 127. The number of halogens is 1. The Bertz CT molecular complexity index is 504. The average Bonchev–Trinajstić information content (AvgIpc) is 2.77. The molecule has 2 saturated heterocycles. The van der Waals surface area contributed by atoms with Gasteiger partial charge in [0.25, 0.3) is 0 Å². The fourth-order valence-electron chi connectivity index (χ4n) is 5.36. The molecular weight excluding hydrogens is 489 g/mol. The molecule has 3 aliphatic rings. The summed E-state index contributed by atoms with van der Waals surface area (Å²) in [4.78, 5) is 10.4. The Hall–Kier alpha value is -0.120. The Kier molecular flexibility index (Phi) is 11.7. The lowest BCUT2D eigenvalue weighted by Gasteiger charge is -2.47. The van der Waals surface area contributed by atoms with E-state index >= 15 is 0 Å². The summed E-state index contributed by atoms with van der Waals surface area (Å²) >= 11 is 0. The highest BCUT2D eigenvalue weighted by Crippen LogP contribution is 2.34. The van der Waals surface area contributed by atoms with Crippen LogP contribution in [0.15, 0.2) is 4.99 Å². The second-order valence-electron chi connectivity index (χ2n) is 9.56. The molecule has 2 aliphatic heterocycles. The molecule has 1 unspecified atom stereocenters. The molecule has 0 aromatic carbocycles. The molecule has 3 rings (SSSR count). The predicted octanol–water partition coefficient (Wildman–Crippen LogP) is 3.32. The first-order valence-electron chi connectivity index (χ1n) is 12.2. The molecule has 2 heterocycles. The number of rotatable bonds is 7. The molecule has 176 valence electrons. The van der Waals surface area contributed by atoms with Crippen molar-refractivity contribution in [3.63, 3.8) is 0 Å². The van der Waals surface area contributed by atoms with Crippen molar-refractivity contribution in [2.24, 2.45) is 10.9 Å². The first-order valence-corrected chi connectivity index (χ1v) is 12.2. The van der Waals surface area contributed by atoms with E-state index in [0.717, 1.165) is 57.8 Å². The molecule has 2 N–H and O–H groups in total. The van der Waals surface area contributed by atoms with Crippen LogP contribution in [0.4, 0.5) is 0 Å². The van der Waals surface area contributed by atoms with Gasteiger partial charge in [-0.05, 0) is 58.9 Å². The van der Waals surface area contributed by atoms with E-state index in [4.69, 9.17) is 9.73 Å². The van der Waals surface area contributed by atoms with Gasteiger partial charge < -0.3 is 20.3 Å². The Morgan fingerprint density at radius 3 is 2.47 bits per heavy atom. The van der Waals surface area contributed by atoms with E-state index < -0.39 is 0 Å². The van der Waals surface area contributed by atoms with Gasteiger partial charge in [-0.2, -0.15) is 0 Å². The number of aliphatic imine (C=N–C) groups is 1. The van der Waals surface area contributed by atoms with Gasteiger partial charge in [0, 0.05) is 44.3 Å². The lowest BCUT2D eigenvalue weighted by molar-refractivity contribution is -0.0333. The summed E-state index contributed by atoms with van der Waals surface area (Å²) in [5, 5.41) is 7.18. The van der Waals surface area contributed by atoms with Crippen molar-refractivity contribution in [1.29, 1.82) is 0 Å². The Balaban J connectivity index is 0.00000320. The van der Waals surface area contributed by atoms with Crippen LogP contribution in [-0.2, 0) is 4.74 Å². The molecule has 0 spiro atoms. The largest absolute Gasteiger partial charge is 0.379 e. The van der Waals surface area contributed by atoms with Crippen LogP contribution in [0.3, 0.4) is 0 Å². The fourth-order valence-corrected chi connectivity index (χ4v) is 5.36. The predicted molar refractivity (Wildman–Crippen MR) is 137 cm³/mol. The number of hydrogen-bond acceptors (Lipinski definition) is 4. The summed E-state index contributed by atoms with van der Waals surface area (Å²) in [7, 11) is 0. The number of morpholine rings is 1. The molecule has 6 nitrogen and oxygen atoms in total. The van der Waals surface area contributed by atoms with Gasteiger partial charge in [0.2, 0.25) is 0 Å².